The zero-order valence-electron chi connectivity index (χ0n) is 16.4. The van der Waals surface area contributed by atoms with Crippen molar-refractivity contribution >= 4 is 29.3 Å². The number of carbonyl (C=O) groups is 1. The number of aromatic nitrogens is 2. The Morgan fingerprint density at radius 2 is 1.93 bits per heavy atom. The van der Waals surface area contributed by atoms with Crippen molar-refractivity contribution in [3.05, 3.63) is 75.8 Å². The van der Waals surface area contributed by atoms with Crippen molar-refractivity contribution in [1.82, 2.24) is 14.9 Å². The van der Waals surface area contributed by atoms with Crippen LogP contribution in [-0.2, 0) is 11.3 Å². The maximum atomic E-state index is 12.7. The highest BCUT2D eigenvalue weighted by atomic mass is 35.5. The maximum Gasteiger partial charge on any atom is 0.287 e. The molecule has 1 amide bonds. The van der Waals surface area contributed by atoms with Crippen LogP contribution < -0.4 is 20.3 Å². The van der Waals surface area contributed by atoms with Gasteiger partial charge in [-0.05, 0) is 35.9 Å². The molecule has 0 saturated heterocycles. The Bertz CT molecular complexity index is 1090. The fraction of sp³-hybridized carbons (Fsp3) is 0.190. The first kappa shape index (κ1) is 21.7. The number of nitrogens with zero attached hydrogens (tertiary/aromatic N) is 2. The number of nitrogens with one attached hydrogen (secondary N) is 1. The number of benzene rings is 2. The second kappa shape index (κ2) is 10.2. The number of rotatable bonds is 8. The van der Waals surface area contributed by atoms with Crippen LogP contribution in [0.3, 0.4) is 0 Å². The molecule has 30 heavy (non-hydrogen) atoms. The van der Waals surface area contributed by atoms with Gasteiger partial charge in [0, 0.05) is 18.9 Å². The normalized spacial score (nSPS) is 10.5. The van der Waals surface area contributed by atoms with Crippen LogP contribution in [0, 0.1) is 0 Å². The lowest BCUT2D eigenvalue weighted by Crippen LogP contribution is -2.26. The van der Waals surface area contributed by atoms with Crippen molar-refractivity contribution in [2.45, 2.75) is 11.6 Å². The minimum absolute atomic E-state index is 0.0752. The fourth-order valence-corrected chi connectivity index (χ4v) is 3.61. The van der Waals surface area contributed by atoms with E-state index in [9.17, 15) is 9.59 Å². The molecule has 9 heteroatoms. The molecule has 0 atom stereocenters. The lowest BCUT2D eigenvalue weighted by atomic mass is 10.2. The predicted octanol–water partition coefficient (Wildman–Crippen LogP) is 3.31. The summed E-state index contributed by atoms with van der Waals surface area (Å²) in [6.07, 6.45) is 3.06. The van der Waals surface area contributed by atoms with E-state index in [-0.39, 0.29) is 22.2 Å². The van der Waals surface area contributed by atoms with Gasteiger partial charge in [-0.25, -0.2) is 4.98 Å². The summed E-state index contributed by atoms with van der Waals surface area (Å²) in [4.78, 5) is 29.0. The second-order valence-electron chi connectivity index (χ2n) is 6.14. The van der Waals surface area contributed by atoms with Crippen molar-refractivity contribution < 1.29 is 14.3 Å². The van der Waals surface area contributed by atoms with Crippen LogP contribution in [0.5, 0.6) is 11.5 Å². The van der Waals surface area contributed by atoms with E-state index in [2.05, 4.69) is 10.3 Å². The molecule has 0 aliphatic carbocycles. The van der Waals surface area contributed by atoms with Gasteiger partial charge >= 0.3 is 0 Å². The van der Waals surface area contributed by atoms with Crippen LogP contribution >= 0.6 is 23.4 Å². The van der Waals surface area contributed by atoms with Gasteiger partial charge in [0.1, 0.15) is 11.5 Å². The summed E-state index contributed by atoms with van der Waals surface area (Å²) < 4.78 is 11.7. The monoisotopic (exact) mass is 445 g/mol. The molecular weight excluding hydrogens is 426 g/mol. The molecule has 0 unspecified atom stereocenters. The van der Waals surface area contributed by atoms with Gasteiger partial charge < -0.3 is 14.8 Å². The third-order valence-electron chi connectivity index (χ3n) is 4.21. The molecule has 2 aromatic carbocycles. The van der Waals surface area contributed by atoms with E-state index in [0.717, 1.165) is 23.1 Å². The van der Waals surface area contributed by atoms with Crippen LogP contribution in [0.15, 0.2) is 64.7 Å². The molecule has 7 nitrogen and oxygen atoms in total. The molecular formula is C21H20ClN3O4S. The summed E-state index contributed by atoms with van der Waals surface area (Å²) in [6, 6.07) is 12.5. The largest absolute Gasteiger partial charge is 0.497 e. The molecule has 1 aromatic heterocycles. The van der Waals surface area contributed by atoms with Gasteiger partial charge in [-0.15, -0.1) is 0 Å². The molecule has 1 N–H and O–H groups in total. The van der Waals surface area contributed by atoms with Crippen molar-refractivity contribution in [3.8, 4) is 17.2 Å². The highest BCUT2D eigenvalue weighted by Crippen LogP contribution is 2.26. The van der Waals surface area contributed by atoms with E-state index in [1.807, 2.05) is 24.3 Å². The van der Waals surface area contributed by atoms with Crippen molar-refractivity contribution in [3.63, 3.8) is 0 Å². The van der Waals surface area contributed by atoms with Crippen LogP contribution in [0.1, 0.15) is 5.56 Å². The van der Waals surface area contributed by atoms with Crippen molar-refractivity contribution in [1.29, 1.82) is 0 Å². The predicted molar refractivity (Wildman–Crippen MR) is 117 cm³/mol. The van der Waals surface area contributed by atoms with Gasteiger partial charge in [0.2, 0.25) is 5.91 Å². The Morgan fingerprint density at radius 1 is 1.17 bits per heavy atom. The van der Waals surface area contributed by atoms with Gasteiger partial charge in [0.25, 0.3) is 5.56 Å². The first-order valence-corrected chi connectivity index (χ1v) is 10.3. The number of ether oxygens (including phenoxy) is 2. The van der Waals surface area contributed by atoms with Crippen LogP contribution in [-0.4, -0.2) is 35.4 Å². The number of halogens is 1. The van der Waals surface area contributed by atoms with E-state index in [0.29, 0.717) is 23.0 Å². The Hall–Kier alpha value is -2.97. The minimum Gasteiger partial charge on any atom is -0.497 e. The smallest absolute Gasteiger partial charge is 0.287 e. The van der Waals surface area contributed by atoms with Crippen LogP contribution in [0.2, 0.25) is 5.02 Å². The molecule has 0 radical (unpaired) electrons. The lowest BCUT2D eigenvalue weighted by Gasteiger charge is -2.10. The molecule has 0 spiro atoms. The van der Waals surface area contributed by atoms with E-state index in [1.165, 1.54) is 17.9 Å². The number of hydrogen-bond donors (Lipinski definition) is 1. The molecule has 0 bridgehead atoms. The molecule has 1 heterocycles. The molecule has 0 aliphatic heterocycles. The highest BCUT2D eigenvalue weighted by molar-refractivity contribution is 7.99. The molecule has 0 saturated carbocycles. The van der Waals surface area contributed by atoms with Crippen molar-refractivity contribution in [2.24, 2.45) is 0 Å². The first-order chi connectivity index (χ1) is 14.5. The first-order valence-electron chi connectivity index (χ1n) is 8.96. The molecule has 156 valence electrons. The SMILES string of the molecule is COc1ccc(CNC(=O)CSc2nccn(-c3ccc(OC)c(Cl)c3)c2=O)cc1. The van der Waals surface area contributed by atoms with Crippen LogP contribution in [0.25, 0.3) is 5.69 Å². The Labute approximate surface area is 183 Å². The number of hydrogen-bond acceptors (Lipinski definition) is 6. The van der Waals surface area contributed by atoms with E-state index < -0.39 is 0 Å². The van der Waals surface area contributed by atoms with E-state index in [4.69, 9.17) is 21.1 Å². The Balaban J connectivity index is 1.63. The fourth-order valence-electron chi connectivity index (χ4n) is 2.63. The lowest BCUT2D eigenvalue weighted by molar-refractivity contribution is -0.118. The number of thioether (sulfide) groups is 1. The average molecular weight is 446 g/mol. The van der Waals surface area contributed by atoms with Gasteiger partial charge in [0.05, 0.1) is 30.7 Å². The van der Waals surface area contributed by atoms with Crippen LogP contribution in [0.4, 0.5) is 0 Å². The molecule has 3 aromatic rings. The maximum absolute atomic E-state index is 12.7. The zero-order valence-corrected chi connectivity index (χ0v) is 18.0. The van der Waals surface area contributed by atoms with E-state index >= 15 is 0 Å². The Morgan fingerprint density at radius 3 is 2.60 bits per heavy atom. The van der Waals surface area contributed by atoms with E-state index in [1.54, 1.807) is 31.5 Å². The minimum atomic E-state index is -0.327. The topological polar surface area (TPSA) is 82.4 Å². The van der Waals surface area contributed by atoms with Gasteiger partial charge in [-0.1, -0.05) is 35.5 Å². The second-order valence-corrected chi connectivity index (χ2v) is 7.51. The number of amides is 1. The summed E-state index contributed by atoms with van der Waals surface area (Å²) in [6.45, 7) is 0.389. The molecule has 0 fully saturated rings. The summed E-state index contributed by atoms with van der Waals surface area (Å²) in [5.41, 5.74) is 1.21. The summed E-state index contributed by atoms with van der Waals surface area (Å²) >= 11 is 7.24. The highest BCUT2D eigenvalue weighted by Gasteiger charge is 2.11. The Kier molecular flexibility index (Phi) is 7.37. The van der Waals surface area contributed by atoms with Gasteiger partial charge in [0.15, 0.2) is 5.03 Å². The van der Waals surface area contributed by atoms with Gasteiger partial charge in [-0.3, -0.25) is 14.2 Å². The summed E-state index contributed by atoms with van der Waals surface area (Å²) in [5.74, 6) is 1.15. The molecule has 3 rings (SSSR count). The number of methoxy groups -OCH3 is 2. The zero-order chi connectivity index (χ0) is 21.5. The third kappa shape index (κ3) is 5.34. The summed E-state index contributed by atoms with van der Waals surface area (Å²) in [5, 5.41) is 3.44. The molecule has 0 aliphatic rings. The standard InChI is InChI=1S/C21H20ClN3O4S/c1-28-16-6-3-14(4-7-16)12-24-19(26)13-30-20-21(27)25(10-9-23-20)15-5-8-18(29-2)17(22)11-15/h3-11H,12-13H2,1-2H3,(H,24,26). The quantitative estimate of drug-likeness (QED) is 0.536. The van der Waals surface area contributed by atoms with Gasteiger partial charge in [-0.2, -0.15) is 0 Å². The third-order valence-corrected chi connectivity index (χ3v) is 5.47. The summed E-state index contributed by atoms with van der Waals surface area (Å²) in [7, 11) is 3.12. The van der Waals surface area contributed by atoms with Crippen molar-refractivity contribution in [2.75, 3.05) is 20.0 Å². The number of carbonyl (C=O) groups excluding carboxylic acids is 1. The average Bonchev–Trinajstić information content (AvgIpc) is 2.77.